The first kappa shape index (κ1) is 15.1. The van der Waals surface area contributed by atoms with E-state index >= 15 is 0 Å². The third kappa shape index (κ3) is 2.55. The summed E-state index contributed by atoms with van der Waals surface area (Å²) in [6.45, 7) is 1.93. The summed E-state index contributed by atoms with van der Waals surface area (Å²) < 4.78 is 12.5. The number of benzene rings is 1. The van der Waals surface area contributed by atoms with Crippen LogP contribution in [0.1, 0.15) is 25.3 Å². The van der Waals surface area contributed by atoms with Gasteiger partial charge in [-0.3, -0.25) is 0 Å². The van der Waals surface area contributed by atoms with Crippen molar-refractivity contribution >= 4 is 10.0 Å². The van der Waals surface area contributed by atoms with E-state index in [4.69, 9.17) is 0 Å². The first-order chi connectivity index (χ1) is 10.1. The van der Waals surface area contributed by atoms with E-state index in [2.05, 4.69) is 30.3 Å². The molecule has 4 atom stereocenters. The average molecular weight is 308 g/mol. The van der Waals surface area contributed by atoms with Gasteiger partial charge in [0.15, 0.2) is 0 Å². The van der Waals surface area contributed by atoms with Crippen molar-refractivity contribution in [3.05, 3.63) is 48.3 Å². The van der Waals surface area contributed by atoms with Crippen LogP contribution in [0.4, 0.5) is 4.39 Å². The zero-order chi connectivity index (χ0) is 14.9. The topological polar surface area (TPSA) is 20.2 Å². The second kappa shape index (κ2) is 5.77. The molecule has 3 heteroatoms. The molecule has 0 bridgehead atoms. The lowest BCUT2D eigenvalue weighted by molar-refractivity contribution is 0.106. The summed E-state index contributed by atoms with van der Waals surface area (Å²) in [5, 5.41) is 10.6. The summed E-state index contributed by atoms with van der Waals surface area (Å²) in [6.07, 6.45) is 5.26. The zero-order valence-electron chi connectivity index (χ0n) is 12.7. The number of halogens is 1. The fourth-order valence-electron chi connectivity index (χ4n) is 4.00. The molecule has 1 aromatic rings. The Kier molecular flexibility index (Phi) is 4.15. The van der Waals surface area contributed by atoms with Crippen LogP contribution < -0.4 is 0 Å². The van der Waals surface area contributed by atoms with Gasteiger partial charge in [-0.15, -0.1) is 0 Å². The molecule has 0 aliphatic carbocycles. The molecule has 0 radical (unpaired) electrons. The van der Waals surface area contributed by atoms with Crippen molar-refractivity contribution in [3.63, 3.8) is 0 Å². The van der Waals surface area contributed by atoms with Crippen molar-refractivity contribution in [2.75, 3.05) is 17.3 Å². The van der Waals surface area contributed by atoms with Crippen molar-refractivity contribution in [1.82, 2.24) is 0 Å². The van der Waals surface area contributed by atoms with Gasteiger partial charge in [-0.2, -0.15) is 0 Å². The molecule has 1 nitrogen and oxygen atoms in total. The molecule has 1 N–H and O–H groups in total. The Morgan fingerprint density at radius 1 is 1.38 bits per heavy atom. The van der Waals surface area contributed by atoms with Crippen molar-refractivity contribution in [2.45, 2.75) is 37.0 Å². The van der Waals surface area contributed by atoms with E-state index < -0.39 is 10.0 Å². The SMILES string of the molecule is CC(/C=C/F)C(O)C12CCS1(CCCc1ccccc1)C2. The van der Waals surface area contributed by atoms with Gasteiger partial charge < -0.3 is 5.11 Å². The van der Waals surface area contributed by atoms with Crippen LogP contribution in [0.3, 0.4) is 0 Å². The number of aliphatic hydroxyl groups excluding tert-OH is 1. The van der Waals surface area contributed by atoms with Crippen LogP contribution in [0.15, 0.2) is 42.7 Å². The van der Waals surface area contributed by atoms with Gasteiger partial charge in [-0.1, -0.05) is 43.3 Å². The van der Waals surface area contributed by atoms with Crippen LogP contribution in [0.25, 0.3) is 0 Å². The summed E-state index contributed by atoms with van der Waals surface area (Å²) in [5.41, 5.74) is 1.41. The van der Waals surface area contributed by atoms with Gasteiger partial charge in [-0.25, -0.2) is 14.4 Å². The Bertz CT molecular complexity index is 517. The molecule has 2 aliphatic heterocycles. The maximum atomic E-state index is 12.3. The summed E-state index contributed by atoms with van der Waals surface area (Å²) in [4.78, 5) is 0. The van der Waals surface area contributed by atoms with Crippen molar-refractivity contribution in [2.24, 2.45) is 5.92 Å². The van der Waals surface area contributed by atoms with Crippen LogP contribution in [0, 0.1) is 5.92 Å². The number of rotatable bonds is 7. The summed E-state index contributed by atoms with van der Waals surface area (Å²) in [5.74, 6) is 3.77. The minimum atomic E-state index is -0.573. The van der Waals surface area contributed by atoms with Gasteiger partial charge in [0.1, 0.15) is 0 Å². The molecule has 0 spiro atoms. The van der Waals surface area contributed by atoms with E-state index in [1.807, 2.05) is 6.92 Å². The first-order valence-corrected chi connectivity index (χ1v) is 10.0. The molecule has 2 fully saturated rings. The number of hydrogen-bond acceptors (Lipinski definition) is 1. The quantitative estimate of drug-likeness (QED) is 0.753. The van der Waals surface area contributed by atoms with Crippen molar-refractivity contribution < 1.29 is 9.50 Å². The highest BCUT2D eigenvalue weighted by molar-refractivity contribution is 8.42. The monoisotopic (exact) mass is 308 g/mol. The molecule has 0 saturated carbocycles. The standard InChI is InChI=1S/C18H25FOS/c1-15(9-11-19)17(20)18-10-13-21(18,14-18)12-5-8-16-6-3-2-4-7-16/h2-4,6-7,9,11,15,17,20H,5,8,10,12-14H2,1H3/b11-9+. The molecule has 116 valence electrons. The Balaban J connectivity index is 1.53. The molecule has 0 aromatic heterocycles. The Morgan fingerprint density at radius 2 is 2.14 bits per heavy atom. The van der Waals surface area contributed by atoms with Crippen molar-refractivity contribution in [1.29, 1.82) is 0 Å². The van der Waals surface area contributed by atoms with Gasteiger partial charge in [0.2, 0.25) is 0 Å². The van der Waals surface area contributed by atoms with Gasteiger partial charge in [-0.05, 0) is 42.1 Å². The molecule has 2 saturated heterocycles. The minimum Gasteiger partial charge on any atom is -0.391 e. The lowest BCUT2D eigenvalue weighted by atomic mass is 9.91. The van der Waals surface area contributed by atoms with E-state index in [-0.39, 0.29) is 16.8 Å². The summed E-state index contributed by atoms with van der Waals surface area (Å²) in [7, 11) is -0.573. The normalized spacial score (nSPS) is 36.3. The van der Waals surface area contributed by atoms with Gasteiger partial charge in [0.25, 0.3) is 0 Å². The highest BCUT2D eigenvalue weighted by atomic mass is 32.3. The first-order valence-electron chi connectivity index (χ1n) is 7.88. The van der Waals surface area contributed by atoms with Crippen LogP contribution in [-0.4, -0.2) is 33.2 Å². The molecule has 21 heavy (non-hydrogen) atoms. The molecule has 0 amide bonds. The van der Waals surface area contributed by atoms with E-state index in [0.717, 1.165) is 12.8 Å². The third-order valence-corrected chi connectivity index (χ3v) is 10.6. The molecule has 3 rings (SSSR count). The maximum absolute atomic E-state index is 12.3. The Hall–Kier alpha value is -0.800. The number of hydrogen-bond donors (Lipinski definition) is 1. The largest absolute Gasteiger partial charge is 0.391 e. The fourth-order valence-corrected chi connectivity index (χ4v) is 9.32. The number of aliphatic hydroxyl groups is 1. The van der Waals surface area contributed by atoms with Gasteiger partial charge >= 0.3 is 0 Å². The lowest BCUT2D eigenvalue weighted by Gasteiger charge is -2.44. The smallest absolute Gasteiger partial charge is 0.0830 e. The summed E-state index contributed by atoms with van der Waals surface area (Å²) in [6, 6.07) is 10.6. The lowest BCUT2D eigenvalue weighted by Crippen LogP contribution is -2.42. The number of aryl methyl sites for hydroxylation is 1. The molecule has 2 aliphatic rings. The van der Waals surface area contributed by atoms with E-state index in [1.54, 1.807) is 0 Å². The number of fused-ring (bicyclic) bond motifs is 1. The molecule has 4 unspecified atom stereocenters. The molecular formula is C18H25FOS. The van der Waals surface area contributed by atoms with Gasteiger partial charge in [0, 0.05) is 10.7 Å². The second-order valence-electron chi connectivity index (χ2n) is 6.62. The highest BCUT2D eigenvalue weighted by Gasteiger charge is 2.72. The summed E-state index contributed by atoms with van der Waals surface area (Å²) >= 11 is 0. The predicted octanol–water partition coefficient (Wildman–Crippen LogP) is 4.06. The van der Waals surface area contributed by atoms with E-state index in [0.29, 0.717) is 6.33 Å². The molecule has 1 aromatic carbocycles. The Labute approximate surface area is 128 Å². The van der Waals surface area contributed by atoms with Crippen LogP contribution in [0.2, 0.25) is 0 Å². The third-order valence-electron chi connectivity index (χ3n) is 5.47. The maximum Gasteiger partial charge on any atom is 0.0830 e. The van der Waals surface area contributed by atoms with Crippen molar-refractivity contribution in [3.8, 4) is 0 Å². The fraction of sp³-hybridized carbons (Fsp3) is 0.556. The van der Waals surface area contributed by atoms with Crippen LogP contribution in [0.5, 0.6) is 0 Å². The van der Waals surface area contributed by atoms with E-state index in [9.17, 15) is 9.50 Å². The molecular weight excluding hydrogens is 283 g/mol. The van der Waals surface area contributed by atoms with E-state index in [1.165, 1.54) is 35.3 Å². The average Bonchev–Trinajstić information content (AvgIpc) is 2.96. The second-order valence-corrected chi connectivity index (χ2v) is 10.6. The molecule has 2 heterocycles. The van der Waals surface area contributed by atoms with Crippen LogP contribution >= 0.6 is 10.0 Å². The zero-order valence-corrected chi connectivity index (χ0v) is 13.5. The van der Waals surface area contributed by atoms with Crippen LogP contribution in [-0.2, 0) is 6.42 Å². The minimum absolute atomic E-state index is 0.0567. The highest BCUT2D eigenvalue weighted by Crippen LogP contribution is 2.87. The van der Waals surface area contributed by atoms with Gasteiger partial charge in [0.05, 0.1) is 12.4 Å². The predicted molar refractivity (Wildman–Crippen MR) is 89.7 cm³/mol. The Morgan fingerprint density at radius 3 is 2.76 bits per heavy atom.